The fourth-order valence-corrected chi connectivity index (χ4v) is 3.27. The van der Waals surface area contributed by atoms with Crippen LogP contribution in [0.5, 0.6) is 0 Å². The van der Waals surface area contributed by atoms with Gasteiger partial charge in [-0.25, -0.2) is 0 Å². The highest BCUT2D eigenvalue weighted by Crippen LogP contribution is 2.36. The molecule has 0 saturated heterocycles. The van der Waals surface area contributed by atoms with E-state index in [4.69, 9.17) is 11.6 Å². The van der Waals surface area contributed by atoms with Crippen LogP contribution in [0.15, 0.2) is 60.2 Å². The van der Waals surface area contributed by atoms with Crippen LogP contribution in [0, 0.1) is 0 Å². The Bertz CT molecular complexity index is 748. The van der Waals surface area contributed by atoms with Crippen molar-refractivity contribution in [2.24, 2.45) is 0 Å². The van der Waals surface area contributed by atoms with E-state index in [1.165, 1.54) is 11.1 Å². The molecule has 0 N–H and O–H groups in total. The predicted octanol–water partition coefficient (Wildman–Crippen LogP) is 4.78. The number of rotatable bonds is 2. The van der Waals surface area contributed by atoms with Crippen LogP contribution in [-0.2, 0) is 11.2 Å². The summed E-state index contributed by atoms with van der Waals surface area (Å²) in [4.78, 5) is 14.8. The number of hydrogen-bond donors (Lipinski definition) is 0. The molecule has 118 valence electrons. The predicted molar refractivity (Wildman–Crippen MR) is 94.6 cm³/mol. The molecule has 1 amide bonds. The highest BCUT2D eigenvalue weighted by molar-refractivity contribution is 6.30. The van der Waals surface area contributed by atoms with Crippen molar-refractivity contribution in [1.29, 1.82) is 0 Å². The number of hydrogen-bond acceptors (Lipinski definition) is 1. The topological polar surface area (TPSA) is 20.3 Å². The second kappa shape index (κ2) is 6.59. The van der Waals surface area contributed by atoms with Crippen LogP contribution in [0.4, 0.5) is 0 Å². The van der Waals surface area contributed by atoms with Gasteiger partial charge in [-0.1, -0.05) is 54.1 Å². The van der Waals surface area contributed by atoms with Gasteiger partial charge in [-0.2, -0.15) is 0 Å². The Labute approximate surface area is 142 Å². The Morgan fingerprint density at radius 1 is 1.17 bits per heavy atom. The van der Waals surface area contributed by atoms with Crippen molar-refractivity contribution in [2.45, 2.75) is 26.3 Å². The van der Waals surface area contributed by atoms with E-state index >= 15 is 0 Å². The van der Waals surface area contributed by atoms with Crippen molar-refractivity contribution >= 4 is 17.5 Å². The molecule has 0 radical (unpaired) electrons. The van der Waals surface area contributed by atoms with Crippen LogP contribution in [0.2, 0.25) is 5.02 Å². The third-order valence-electron chi connectivity index (χ3n) is 4.50. The van der Waals surface area contributed by atoms with Crippen LogP contribution < -0.4 is 0 Å². The van der Waals surface area contributed by atoms with Gasteiger partial charge in [0, 0.05) is 17.1 Å². The Balaban J connectivity index is 2.10. The molecule has 2 aromatic rings. The molecule has 3 rings (SSSR count). The van der Waals surface area contributed by atoms with Crippen molar-refractivity contribution in [1.82, 2.24) is 4.90 Å². The lowest BCUT2D eigenvalue weighted by Gasteiger charge is -2.38. The standard InChI is InChI=1S/C20H20ClNO/c1-3-14(2)20(23)22-13-12-15-6-4-5-7-18(15)19(22)16-8-10-17(21)11-9-16/h3-11,19H,12-13H2,1-2H3/b14-3+. The number of carbonyl (C=O) groups is 1. The summed E-state index contributed by atoms with van der Waals surface area (Å²) in [5.41, 5.74) is 4.40. The van der Waals surface area contributed by atoms with Crippen LogP contribution >= 0.6 is 11.6 Å². The van der Waals surface area contributed by atoms with Gasteiger partial charge in [0.1, 0.15) is 0 Å². The summed E-state index contributed by atoms with van der Waals surface area (Å²) in [6.45, 7) is 4.51. The number of fused-ring (bicyclic) bond motifs is 1. The monoisotopic (exact) mass is 325 g/mol. The molecule has 0 saturated carbocycles. The summed E-state index contributed by atoms with van der Waals surface area (Å²) >= 11 is 6.03. The van der Waals surface area contributed by atoms with E-state index in [1.807, 2.05) is 55.2 Å². The van der Waals surface area contributed by atoms with E-state index < -0.39 is 0 Å². The van der Waals surface area contributed by atoms with Crippen molar-refractivity contribution in [3.05, 3.63) is 81.9 Å². The lowest BCUT2D eigenvalue weighted by atomic mass is 9.88. The smallest absolute Gasteiger partial charge is 0.249 e. The molecule has 23 heavy (non-hydrogen) atoms. The minimum Gasteiger partial charge on any atom is -0.327 e. The van der Waals surface area contributed by atoms with Gasteiger partial charge in [0.05, 0.1) is 6.04 Å². The molecule has 1 aliphatic heterocycles. The van der Waals surface area contributed by atoms with Gasteiger partial charge in [-0.3, -0.25) is 4.79 Å². The number of allylic oxidation sites excluding steroid dienone is 1. The Morgan fingerprint density at radius 3 is 2.57 bits per heavy atom. The third-order valence-corrected chi connectivity index (χ3v) is 4.75. The fraction of sp³-hybridized carbons (Fsp3) is 0.250. The van der Waals surface area contributed by atoms with E-state index in [2.05, 4.69) is 18.2 Å². The summed E-state index contributed by atoms with van der Waals surface area (Å²) in [6, 6.07) is 16.1. The first-order chi connectivity index (χ1) is 11.1. The second-order valence-corrected chi connectivity index (χ2v) is 6.31. The van der Waals surface area contributed by atoms with Gasteiger partial charge >= 0.3 is 0 Å². The summed E-state index contributed by atoms with van der Waals surface area (Å²) in [5, 5.41) is 0.709. The highest BCUT2D eigenvalue weighted by Gasteiger charge is 2.32. The molecule has 1 unspecified atom stereocenters. The molecule has 1 aliphatic rings. The second-order valence-electron chi connectivity index (χ2n) is 5.87. The molecule has 1 atom stereocenters. The maximum absolute atomic E-state index is 12.8. The zero-order chi connectivity index (χ0) is 16.4. The summed E-state index contributed by atoms with van der Waals surface area (Å²) in [7, 11) is 0. The summed E-state index contributed by atoms with van der Waals surface area (Å²) in [6.07, 6.45) is 2.77. The van der Waals surface area contributed by atoms with Gasteiger partial charge in [-0.05, 0) is 49.1 Å². The van der Waals surface area contributed by atoms with Crippen LogP contribution in [0.25, 0.3) is 0 Å². The molecular weight excluding hydrogens is 306 g/mol. The Morgan fingerprint density at radius 2 is 1.87 bits per heavy atom. The van der Waals surface area contributed by atoms with Crippen molar-refractivity contribution in [3.63, 3.8) is 0 Å². The highest BCUT2D eigenvalue weighted by atomic mass is 35.5. The Hall–Kier alpha value is -2.06. The maximum atomic E-state index is 12.8. The van der Waals surface area contributed by atoms with Crippen LogP contribution in [-0.4, -0.2) is 17.4 Å². The first-order valence-electron chi connectivity index (χ1n) is 7.89. The first kappa shape index (κ1) is 15.8. The number of amides is 1. The molecule has 0 aliphatic carbocycles. The average Bonchev–Trinajstić information content (AvgIpc) is 2.60. The SMILES string of the molecule is C/C=C(\C)C(=O)N1CCc2ccccc2C1c1ccc(Cl)cc1. The summed E-state index contributed by atoms with van der Waals surface area (Å²) in [5.74, 6) is 0.0990. The number of carbonyl (C=O) groups excluding carboxylic acids is 1. The molecule has 0 aromatic heterocycles. The van der Waals surface area contributed by atoms with Gasteiger partial charge in [-0.15, -0.1) is 0 Å². The Kier molecular flexibility index (Phi) is 4.53. The molecule has 2 aromatic carbocycles. The molecular formula is C20H20ClNO. The van der Waals surface area contributed by atoms with Gasteiger partial charge in [0.15, 0.2) is 0 Å². The number of nitrogens with zero attached hydrogens (tertiary/aromatic N) is 1. The fourth-order valence-electron chi connectivity index (χ4n) is 3.14. The largest absolute Gasteiger partial charge is 0.327 e. The van der Waals surface area contributed by atoms with E-state index in [-0.39, 0.29) is 11.9 Å². The minimum atomic E-state index is -0.0559. The molecule has 0 spiro atoms. The maximum Gasteiger partial charge on any atom is 0.249 e. The zero-order valence-electron chi connectivity index (χ0n) is 13.4. The lowest BCUT2D eigenvalue weighted by Crippen LogP contribution is -2.41. The van der Waals surface area contributed by atoms with E-state index in [0.717, 1.165) is 24.1 Å². The van der Waals surface area contributed by atoms with Gasteiger partial charge in [0.2, 0.25) is 5.91 Å². The molecule has 3 heteroatoms. The van der Waals surface area contributed by atoms with Crippen LogP contribution in [0.1, 0.15) is 36.6 Å². The van der Waals surface area contributed by atoms with Gasteiger partial charge < -0.3 is 4.90 Å². The lowest BCUT2D eigenvalue weighted by molar-refractivity contribution is -0.129. The zero-order valence-corrected chi connectivity index (χ0v) is 14.2. The molecule has 0 fully saturated rings. The van der Waals surface area contributed by atoms with E-state index in [9.17, 15) is 4.79 Å². The average molecular weight is 326 g/mol. The van der Waals surface area contributed by atoms with E-state index in [0.29, 0.717) is 5.02 Å². The number of halogens is 1. The van der Waals surface area contributed by atoms with E-state index in [1.54, 1.807) is 0 Å². The molecule has 0 bridgehead atoms. The van der Waals surface area contributed by atoms with Crippen molar-refractivity contribution < 1.29 is 4.79 Å². The molecule has 2 nitrogen and oxygen atoms in total. The van der Waals surface area contributed by atoms with Crippen molar-refractivity contribution in [2.75, 3.05) is 6.54 Å². The molecule has 1 heterocycles. The normalized spacial score (nSPS) is 17.8. The quantitative estimate of drug-likeness (QED) is 0.728. The first-order valence-corrected chi connectivity index (χ1v) is 8.26. The summed E-state index contributed by atoms with van der Waals surface area (Å²) < 4.78 is 0. The third kappa shape index (κ3) is 3.04. The van der Waals surface area contributed by atoms with Crippen LogP contribution in [0.3, 0.4) is 0 Å². The minimum absolute atomic E-state index is 0.0559. The number of benzene rings is 2. The van der Waals surface area contributed by atoms with Gasteiger partial charge in [0.25, 0.3) is 0 Å². The van der Waals surface area contributed by atoms with Crippen molar-refractivity contribution in [3.8, 4) is 0 Å².